The van der Waals surface area contributed by atoms with Gasteiger partial charge in [0.2, 0.25) is 5.91 Å². The largest absolute Gasteiger partial charge is 0.394 e. The van der Waals surface area contributed by atoms with Crippen LogP contribution < -0.4 is 0 Å². The van der Waals surface area contributed by atoms with E-state index >= 15 is 0 Å². The van der Waals surface area contributed by atoms with E-state index in [1.807, 2.05) is 0 Å². The maximum atomic E-state index is 12.9. The van der Waals surface area contributed by atoms with Gasteiger partial charge in [0.1, 0.15) is 0 Å². The minimum atomic E-state index is -4.06. The zero-order valence-corrected chi connectivity index (χ0v) is 9.31. The van der Waals surface area contributed by atoms with Crippen molar-refractivity contribution in [2.24, 2.45) is 11.3 Å². The number of carbonyl (C=O) groups excluding carboxylic acids is 1. The summed E-state index contributed by atoms with van der Waals surface area (Å²) >= 11 is 0. The van der Waals surface area contributed by atoms with Gasteiger partial charge < -0.3 is 4.90 Å². The fourth-order valence-corrected chi connectivity index (χ4v) is 2.80. The smallest absolute Gasteiger partial charge is 0.343 e. The van der Waals surface area contributed by atoms with Gasteiger partial charge in [-0.3, -0.25) is 4.79 Å². The highest BCUT2D eigenvalue weighted by atomic mass is 19.4. The average Bonchev–Trinajstić information content (AvgIpc) is 2.97. The molecule has 0 aromatic rings. The first kappa shape index (κ1) is 11.7. The number of hydrogen-bond acceptors (Lipinski definition) is 1. The van der Waals surface area contributed by atoms with Gasteiger partial charge in [-0.15, -0.1) is 0 Å². The van der Waals surface area contributed by atoms with E-state index in [1.165, 1.54) is 6.92 Å². The minimum absolute atomic E-state index is 0.0321. The van der Waals surface area contributed by atoms with E-state index in [9.17, 15) is 18.0 Å². The van der Waals surface area contributed by atoms with Gasteiger partial charge in [0, 0.05) is 20.0 Å². The Bertz CT molecular complexity index is 288. The van der Waals surface area contributed by atoms with E-state index in [4.69, 9.17) is 0 Å². The quantitative estimate of drug-likeness (QED) is 0.684. The van der Waals surface area contributed by atoms with Gasteiger partial charge in [0.25, 0.3) is 0 Å². The Hall–Kier alpha value is -0.740. The van der Waals surface area contributed by atoms with Gasteiger partial charge in [-0.05, 0) is 31.6 Å². The monoisotopic (exact) mass is 235 g/mol. The minimum Gasteiger partial charge on any atom is -0.343 e. The van der Waals surface area contributed by atoms with Crippen molar-refractivity contribution < 1.29 is 18.0 Å². The molecule has 0 N–H and O–H groups in total. The lowest BCUT2D eigenvalue weighted by Crippen LogP contribution is -2.42. The van der Waals surface area contributed by atoms with E-state index in [-0.39, 0.29) is 24.7 Å². The molecule has 2 aliphatic rings. The Morgan fingerprint density at radius 2 is 1.75 bits per heavy atom. The normalized spacial score (nSPS) is 25.6. The number of amides is 1. The maximum Gasteiger partial charge on any atom is 0.394 e. The molecule has 1 saturated carbocycles. The highest BCUT2D eigenvalue weighted by molar-refractivity contribution is 5.73. The second-order valence-electron chi connectivity index (χ2n) is 4.93. The van der Waals surface area contributed by atoms with E-state index in [1.54, 1.807) is 4.90 Å². The molecule has 0 radical (unpaired) electrons. The number of alkyl halides is 3. The van der Waals surface area contributed by atoms with Crippen molar-refractivity contribution in [1.29, 1.82) is 0 Å². The Morgan fingerprint density at radius 3 is 2.06 bits per heavy atom. The predicted octanol–water partition coefficient (Wildman–Crippen LogP) is 2.59. The van der Waals surface area contributed by atoms with E-state index in [0.717, 1.165) is 0 Å². The van der Waals surface area contributed by atoms with Crippen LogP contribution in [0.5, 0.6) is 0 Å². The molecule has 0 atom stereocenters. The summed E-state index contributed by atoms with van der Waals surface area (Å²) in [5, 5.41) is 0. The van der Waals surface area contributed by atoms with E-state index in [0.29, 0.717) is 25.9 Å². The molecule has 0 unspecified atom stereocenters. The molecule has 2 rings (SSSR count). The summed E-state index contributed by atoms with van der Waals surface area (Å²) < 4.78 is 38.6. The second-order valence-corrected chi connectivity index (χ2v) is 4.93. The van der Waals surface area contributed by atoms with Crippen molar-refractivity contribution in [3.8, 4) is 0 Å². The number of nitrogens with zero attached hydrogens (tertiary/aromatic N) is 1. The lowest BCUT2D eigenvalue weighted by Gasteiger charge is -2.36. The molecule has 1 aliphatic carbocycles. The molecule has 1 heterocycles. The molecule has 0 bridgehead atoms. The lowest BCUT2D eigenvalue weighted by molar-refractivity contribution is -0.206. The summed E-state index contributed by atoms with van der Waals surface area (Å²) in [6.07, 6.45) is -2.50. The van der Waals surface area contributed by atoms with Crippen LogP contribution in [0.3, 0.4) is 0 Å². The molecule has 16 heavy (non-hydrogen) atoms. The van der Waals surface area contributed by atoms with Gasteiger partial charge in [-0.1, -0.05) is 0 Å². The molecule has 1 saturated heterocycles. The Morgan fingerprint density at radius 1 is 1.25 bits per heavy atom. The summed E-state index contributed by atoms with van der Waals surface area (Å²) in [5.41, 5.74) is -1.41. The molecule has 92 valence electrons. The summed E-state index contributed by atoms with van der Waals surface area (Å²) in [6, 6.07) is 0. The van der Waals surface area contributed by atoms with Crippen molar-refractivity contribution in [2.75, 3.05) is 13.1 Å². The number of likely N-dealkylation sites (tertiary alicyclic amines) is 1. The molecule has 0 aromatic heterocycles. The summed E-state index contributed by atoms with van der Waals surface area (Å²) in [4.78, 5) is 12.7. The van der Waals surface area contributed by atoms with Crippen LogP contribution in [0, 0.1) is 11.3 Å². The van der Waals surface area contributed by atoms with Crippen molar-refractivity contribution in [1.82, 2.24) is 4.90 Å². The lowest BCUT2D eigenvalue weighted by atomic mass is 9.81. The Kier molecular flexibility index (Phi) is 2.67. The van der Waals surface area contributed by atoms with Crippen molar-refractivity contribution >= 4 is 5.91 Å². The van der Waals surface area contributed by atoms with Gasteiger partial charge in [-0.2, -0.15) is 13.2 Å². The second kappa shape index (κ2) is 3.64. The zero-order chi connectivity index (χ0) is 12.0. The molecular formula is C11H16F3NO. The zero-order valence-electron chi connectivity index (χ0n) is 9.31. The summed E-state index contributed by atoms with van der Waals surface area (Å²) in [6.45, 7) is 2.44. The van der Waals surface area contributed by atoms with Crippen LogP contribution in [-0.4, -0.2) is 30.1 Å². The van der Waals surface area contributed by atoms with Crippen LogP contribution in [0.4, 0.5) is 13.2 Å². The average molecular weight is 235 g/mol. The molecule has 2 fully saturated rings. The maximum absolute atomic E-state index is 12.9. The summed E-state index contributed by atoms with van der Waals surface area (Å²) in [5.74, 6) is -0.307. The third kappa shape index (κ3) is 1.80. The van der Waals surface area contributed by atoms with E-state index in [2.05, 4.69) is 0 Å². The third-order valence-electron chi connectivity index (χ3n) is 4.07. The molecule has 2 nitrogen and oxygen atoms in total. The Labute approximate surface area is 92.8 Å². The molecular weight excluding hydrogens is 219 g/mol. The van der Waals surface area contributed by atoms with Crippen LogP contribution in [0.15, 0.2) is 0 Å². The molecule has 0 spiro atoms. The number of rotatable bonds is 1. The number of hydrogen-bond donors (Lipinski definition) is 0. The highest BCUT2D eigenvalue weighted by Crippen LogP contribution is 2.64. The number of halogens is 3. The van der Waals surface area contributed by atoms with Gasteiger partial charge >= 0.3 is 6.18 Å². The topological polar surface area (TPSA) is 20.3 Å². The molecule has 0 aromatic carbocycles. The molecule has 1 aliphatic heterocycles. The number of piperidine rings is 1. The van der Waals surface area contributed by atoms with Crippen molar-refractivity contribution in [3.05, 3.63) is 0 Å². The highest BCUT2D eigenvalue weighted by Gasteiger charge is 2.66. The van der Waals surface area contributed by atoms with Crippen LogP contribution in [-0.2, 0) is 4.79 Å². The van der Waals surface area contributed by atoms with Crippen molar-refractivity contribution in [3.63, 3.8) is 0 Å². The van der Waals surface area contributed by atoms with Crippen molar-refractivity contribution in [2.45, 2.75) is 38.8 Å². The van der Waals surface area contributed by atoms with E-state index < -0.39 is 11.6 Å². The first-order valence-corrected chi connectivity index (χ1v) is 5.69. The molecule has 5 heteroatoms. The fourth-order valence-electron chi connectivity index (χ4n) is 2.80. The first-order chi connectivity index (χ1) is 7.37. The van der Waals surface area contributed by atoms with Crippen LogP contribution in [0.25, 0.3) is 0 Å². The van der Waals surface area contributed by atoms with Crippen LogP contribution >= 0.6 is 0 Å². The predicted molar refractivity (Wildman–Crippen MR) is 52.7 cm³/mol. The van der Waals surface area contributed by atoms with Gasteiger partial charge in [0.15, 0.2) is 0 Å². The number of carbonyl (C=O) groups is 1. The first-order valence-electron chi connectivity index (χ1n) is 5.69. The standard InChI is InChI=1S/C11H16F3NO/c1-8(16)15-6-2-9(3-7-15)10(4-5-10)11(12,13)14/h9H,2-7H2,1H3. The third-order valence-corrected chi connectivity index (χ3v) is 4.07. The van der Waals surface area contributed by atoms with Crippen LogP contribution in [0.2, 0.25) is 0 Å². The summed E-state index contributed by atoms with van der Waals surface area (Å²) in [7, 11) is 0. The Balaban J connectivity index is 1.97. The molecule has 1 amide bonds. The van der Waals surface area contributed by atoms with Crippen LogP contribution in [0.1, 0.15) is 32.6 Å². The fraction of sp³-hybridized carbons (Fsp3) is 0.909. The van der Waals surface area contributed by atoms with Gasteiger partial charge in [0.05, 0.1) is 5.41 Å². The SMILES string of the molecule is CC(=O)N1CCC(C2(C(F)(F)F)CC2)CC1. The van der Waals surface area contributed by atoms with Gasteiger partial charge in [-0.25, -0.2) is 0 Å².